The molecule has 4 aromatic rings. The van der Waals surface area contributed by atoms with Crippen LogP contribution in [0.1, 0.15) is 22.3 Å². The van der Waals surface area contributed by atoms with Crippen molar-refractivity contribution in [3.05, 3.63) is 167 Å². The van der Waals surface area contributed by atoms with Gasteiger partial charge in [0.05, 0.1) is 26.4 Å². The fourth-order valence-corrected chi connectivity index (χ4v) is 5.04. The minimum atomic E-state index is -0.561. The number of benzene rings is 4. The second-order valence-corrected chi connectivity index (χ2v) is 10.7. The van der Waals surface area contributed by atoms with Crippen molar-refractivity contribution in [3.8, 4) is 0 Å². The Labute approximate surface area is 259 Å². The minimum absolute atomic E-state index is 0.332. The van der Waals surface area contributed by atoms with Crippen LogP contribution in [0.5, 0.6) is 0 Å². The Morgan fingerprint density at radius 1 is 0.558 bits per heavy atom. The smallest absolute Gasteiger partial charge is 0.143 e. The van der Waals surface area contributed by atoms with Gasteiger partial charge in [-0.05, 0) is 40.5 Å². The summed E-state index contributed by atoms with van der Waals surface area (Å²) in [6.07, 6.45) is 1.68. The van der Waals surface area contributed by atoms with Crippen LogP contribution in [0.25, 0.3) is 0 Å². The highest BCUT2D eigenvalue weighted by Gasteiger charge is 2.44. The Morgan fingerprint density at radius 3 is 1.65 bits per heavy atom. The Bertz CT molecular complexity index is 1410. The molecule has 4 aromatic carbocycles. The molecule has 4 atom stereocenters. The molecular formula is C37H37ClO5. The van der Waals surface area contributed by atoms with Crippen molar-refractivity contribution in [1.29, 1.82) is 0 Å². The molecule has 5 nitrogen and oxygen atoms in total. The van der Waals surface area contributed by atoms with Gasteiger partial charge in [0.1, 0.15) is 36.8 Å². The summed E-state index contributed by atoms with van der Waals surface area (Å²) in [5.74, 6) is 0.646. The summed E-state index contributed by atoms with van der Waals surface area (Å²) in [5.41, 5.74) is 4.14. The molecular weight excluding hydrogens is 560 g/mol. The normalized spacial score (nSPS) is 19.9. The van der Waals surface area contributed by atoms with Gasteiger partial charge in [-0.1, -0.05) is 121 Å². The highest BCUT2D eigenvalue weighted by Crippen LogP contribution is 2.32. The summed E-state index contributed by atoms with van der Waals surface area (Å²) in [6, 6.07) is 37.8. The lowest BCUT2D eigenvalue weighted by atomic mass is 9.93. The lowest BCUT2D eigenvalue weighted by Crippen LogP contribution is -2.53. The Hall–Kier alpha value is -3.71. The van der Waals surface area contributed by atoms with Crippen LogP contribution in [-0.2, 0) is 50.1 Å². The molecule has 1 aliphatic rings. The van der Waals surface area contributed by atoms with E-state index >= 15 is 0 Å². The maximum absolute atomic E-state index is 6.66. The standard InChI is InChI=1S/C37H37ClO5/c1-2-22-39-35-33(40-24-28-12-6-3-7-13-28)23-34(41-25-29-14-8-4-9-15-29)36(42-27-31-18-20-32(38)21-19-31)37(35)43-26-30-16-10-5-11-17-30/h2-21,23,33,35-37H,1,22,24-27H2/t33-,35+,36-,37-/m1/s1. The van der Waals surface area contributed by atoms with E-state index < -0.39 is 24.4 Å². The third kappa shape index (κ3) is 9.14. The van der Waals surface area contributed by atoms with Crippen molar-refractivity contribution < 1.29 is 23.7 Å². The molecule has 43 heavy (non-hydrogen) atoms. The number of halogens is 1. The molecule has 0 unspecified atom stereocenters. The zero-order chi connectivity index (χ0) is 29.7. The lowest BCUT2D eigenvalue weighted by Gasteiger charge is -2.41. The SMILES string of the molecule is C=CCO[C@@H]1[C@@H](OCc2ccccc2)[C@H](OCc2ccc(Cl)cc2)C(OCc2ccccc2)=C[C@H]1OCc1ccccc1. The average Bonchev–Trinajstić information content (AvgIpc) is 3.06. The number of hydrogen-bond donors (Lipinski definition) is 0. The van der Waals surface area contributed by atoms with E-state index in [0.29, 0.717) is 43.8 Å². The van der Waals surface area contributed by atoms with Gasteiger partial charge in [-0.3, -0.25) is 0 Å². The fourth-order valence-electron chi connectivity index (χ4n) is 4.91. The predicted molar refractivity (Wildman–Crippen MR) is 169 cm³/mol. The van der Waals surface area contributed by atoms with E-state index in [1.54, 1.807) is 6.08 Å². The summed E-state index contributed by atoms with van der Waals surface area (Å²) < 4.78 is 32.6. The van der Waals surface area contributed by atoms with E-state index in [1.807, 2.05) is 121 Å². The van der Waals surface area contributed by atoms with Crippen molar-refractivity contribution >= 4 is 11.6 Å². The molecule has 0 bridgehead atoms. The summed E-state index contributed by atoms with van der Waals surface area (Å²) >= 11 is 6.13. The summed E-state index contributed by atoms with van der Waals surface area (Å²) in [6.45, 7) is 5.70. The fraction of sp³-hybridized carbons (Fsp3) is 0.243. The molecule has 0 heterocycles. The van der Waals surface area contributed by atoms with Crippen LogP contribution >= 0.6 is 11.6 Å². The highest BCUT2D eigenvalue weighted by molar-refractivity contribution is 6.30. The van der Waals surface area contributed by atoms with Gasteiger partial charge in [-0.2, -0.15) is 0 Å². The lowest BCUT2D eigenvalue weighted by molar-refractivity contribution is -0.185. The Kier molecular flexibility index (Phi) is 11.6. The molecule has 0 N–H and O–H groups in total. The maximum Gasteiger partial charge on any atom is 0.143 e. The van der Waals surface area contributed by atoms with Crippen LogP contribution in [-0.4, -0.2) is 31.0 Å². The van der Waals surface area contributed by atoms with Gasteiger partial charge in [0, 0.05) is 5.02 Å². The van der Waals surface area contributed by atoms with Crippen molar-refractivity contribution in [2.75, 3.05) is 6.61 Å². The zero-order valence-electron chi connectivity index (χ0n) is 24.1. The third-order valence-electron chi connectivity index (χ3n) is 7.12. The first-order chi connectivity index (χ1) is 21.2. The maximum atomic E-state index is 6.66. The van der Waals surface area contributed by atoms with E-state index in [0.717, 1.165) is 22.3 Å². The van der Waals surface area contributed by atoms with Gasteiger partial charge < -0.3 is 23.7 Å². The number of ether oxygens (including phenoxy) is 5. The summed E-state index contributed by atoms with van der Waals surface area (Å²) in [5, 5.41) is 0.675. The Morgan fingerprint density at radius 2 is 1.07 bits per heavy atom. The Balaban J connectivity index is 1.47. The molecule has 0 fully saturated rings. The highest BCUT2D eigenvalue weighted by atomic mass is 35.5. The minimum Gasteiger partial charge on any atom is -0.491 e. The van der Waals surface area contributed by atoms with E-state index in [2.05, 4.69) is 6.58 Å². The van der Waals surface area contributed by atoms with Crippen molar-refractivity contribution in [2.45, 2.75) is 50.8 Å². The van der Waals surface area contributed by atoms with Gasteiger partial charge in [0.15, 0.2) is 0 Å². The first-order valence-corrected chi connectivity index (χ1v) is 14.9. The van der Waals surface area contributed by atoms with Crippen molar-refractivity contribution in [2.24, 2.45) is 0 Å². The van der Waals surface area contributed by atoms with Crippen LogP contribution in [0, 0.1) is 0 Å². The third-order valence-corrected chi connectivity index (χ3v) is 7.38. The quantitative estimate of drug-likeness (QED) is 0.130. The van der Waals surface area contributed by atoms with E-state index in [1.165, 1.54) is 0 Å². The molecule has 0 aromatic heterocycles. The zero-order valence-corrected chi connectivity index (χ0v) is 24.9. The molecule has 1 aliphatic carbocycles. The predicted octanol–water partition coefficient (Wildman–Crippen LogP) is 8.08. The first kappa shape index (κ1) is 30.7. The van der Waals surface area contributed by atoms with E-state index in [4.69, 9.17) is 35.3 Å². The van der Waals surface area contributed by atoms with Crippen LogP contribution in [0.3, 0.4) is 0 Å². The van der Waals surface area contributed by atoms with Gasteiger partial charge >= 0.3 is 0 Å². The van der Waals surface area contributed by atoms with E-state index in [9.17, 15) is 0 Å². The molecule has 0 spiro atoms. The van der Waals surface area contributed by atoms with Crippen LogP contribution in [0.15, 0.2) is 140 Å². The van der Waals surface area contributed by atoms with Crippen LogP contribution in [0.2, 0.25) is 5.02 Å². The molecule has 0 saturated carbocycles. The van der Waals surface area contributed by atoms with Gasteiger partial charge in [-0.15, -0.1) is 6.58 Å². The van der Waals surface area contributed by atoms with Crippen molar-refractivity contribution in [1.82, 2.24) is 0 Å². The summed E-state index contributed by atoms with van der Waals surface area (Å²) in [7, 11) is 0. The molecule has 0 amide bonds. The van der Waals surface area contributed by atoms with Gasteiger partial charge in [0.2, 0.25) is 0 Å². The second kappa shape index (κ2) is 16.2. The number of rotatable bonds is 15. The molecule has 0 saturated heterocycles. The second-order valence-electron chi connectivity index (χ2n) is 10.3. The van der Waals surface area contributed by atoms with Crippen LogP contribution < -0.4 is 0 Å². The van der Waals surface area contributed by atoms with Gasteiger partial charge in [0.25, 0.3) is 0 Å². The monoisotopic (exact) mass is 596 g/mol. The summed E-state index contributed by atoms with van der Waals surface area (Å²) in [4.78, 5) is 0. The molecule has 6 heteroatoms. The topological polar surface area (TPSA) is 46.2 Å². The molecule has 5 rings (SSSR count). The van der Waals surface area contributed by atoms with E-state index in [-0.39, 0.29) is 0 Å². The first-order valence-electron chi connectivity index (χ1n) is 14.5. The number of hydrogen-bond acceptors (Lipinski definition) is 5. The van der Waals surface area contributed by atoms with Crippen molar-refractivity contribution in [3.63, 3.8) is 0 Å². The largest absolute Gasteiger partial charge is 0.491 e. The molecule has 0 aliphatic heterocycles. The average molecular weight is 597 g/mol. The van der Waals surface area contributed by atoms with Crippen LogP contribution in [0.4, 0.5) is 0 Å². The van der Waals surface area contributed by atoms with Gasteiger partial charge in [-0.25, -0.2) is 0 Å². The molecule has 0 radical (unpaired) electrons. The molecule has 222 valence electrons.